The van der Waals surface area contributed by atoms with Crippen LogP contribution in [0.4, 0.5) is 5.69 Å². The fourth-order valence-corrected chi connectivity index (χ4v) is 2.52. The van der Waals surface area contributed by atoms with E-state index in [1.807, 2.05) is 12.3 Å². The number of rotatable bonds is 3. The minimum absolute atomic E-state index is 0.806. The Morgan fingerprint density at radius 2 is 2.00 bits per heavy atom. The van der Waals surface area contributed by atoms with E-state index in [2.05, 4.69) is 75.6 Å². The maximum Gasteiger partial charge on any atom is 0.0702 e. The molecule has 0 unspecified atom stereocenters. The van der Waals surface area contributed by atoms with Gasteiger partial charge in [0.15, 0.2) is 0 Å². The summed E-state index contributed by atoms with van der Waals surface area (Å²) in [5.41, 5.74) is 4.65. The molecular weight excluding hydrogens is 312 g/mol. The zero-order chi connectivity index (χ0) is 13.9. The number of aromatic nitrogens is 1. The molecule has 0 bridgehead atoms. The lowest BCUT2D eigenvalue weighted by Crippen LogP contribution is -1.99. The van der Waals surface area contributed by atoms with Crippen LogP contribution in [-0.4, -0.2) is 4.98 Å². The van der Waals surface area contributed by atoms with Gasteiger partial charge >= 0.3 is 0 Å². The van der Waals surface area contributed by atoms with E-state index in [9.17, 15) is 0 Å². The van der Waals surface area contributed by atoms with E-state index in [-0.39, 0.29) is 0 Å². The number of halogens is 1. The molecule has 0 saturated heterocycles. The van der Waals surface area contributed by atoms with Gasteiger partial charge in [-0.25, -0.2) is 0 Å². The van der Waals surface area contributed by atoms with Crippen molar-refractivity contribution >= 4 is 32.5 Å². The molecule has 0 aliphatic heterocycles. The van der Waals surface area contributed by atoms with Crippen molar-refractivity contribution in [3.8, 4) is 0 Å². The molecule has 1 N–H and O–H groups in total. The summed E-state index contributed by atoms with van der Waals surface area (Å²) in [7, 11) is 0. The van der Waals surface area contributed by atoms with Crippen molar-refractivity contribution in [2.75, 3.05) is 5.32 Å². The van der Waals surface area contributed by atoms with Crippen LogP contribution in [0.15, 0.2) is 59.2 Å². The van der Waals surface area contributed by atoms with Gasteiger partial charge in [-0.1, -0.05) is 34.1 Å². The van der Waals surface area contributed by atoms with Crippen LogP contribution < -0.4 is 5.32 Å². The van der Waals surface area contributed by atoms with Gasteiger partial charge in [-0.05, 0) is 48.4 Å². The molecule has 3 aromatic rings. The first-order valence-electron chi connectivity index (χ1n) is 6.56. The highest BCUT2D eigenvalue weighted by Crippen LogP contribution is 2.21. The zero-order valence-electron chi connectivity index (χ0n) is 11.2. The molecule has 3 rings (SSSR count). The SMILES string of the molecule is Cc1ccc(NCc2ccc3ncccc3c2)cc1Br. The van der Waals surface area contributed by atoms with Crippen molar-refractivity contribution in [2.45, 2.75) is 13.5 Å². The molecule has 100 valence electrons. The largest absolute Gasteiger partial charge is 0.381 e. The Kier molecular flexibility index (Phi) is 3.70. The molecule has 2 nitrogen and oxygen atoms in total. The molecule has 0 radical (unpaired) electrons. The van der Waals surface area contributed by atoms with Crippen LogP contribution in [0, 0.1) is 6.92 Å². The van der Waals surface area contributed by atoms with E-state index in [0.717, 1.165) is 22.2 Å². The number of nitrogens with one attached hydrogen (secondary N) is 1. The maximum absolute atomic E-state index is 4.34. The number of pyridine rings is 1. The first-order chi connectivity index (χ1) is 9.72. The normalized spacial score (nSPS) is 10.7. The summed E-state index contributed by atoms with van der Waals surface area (Å²) in [5.74, 6) is 0. The average molecular weight is 327 g/mol. The molecule has 0 spiro atoms. The van der Waals surface area contributed by atoms with Gasteiger partial charge in [0.2, 0.25) is 0 Å². The third-order valence-corrected chi connectivity index (χ3v) is 4.19. The fraction of sp³-hybridized carbons (Fsp3) is 0.118. The second-order valence-corrected chi connectivity index (χ2v) is 5.70. The predicted molar refractivity (Wildman–Crippen MR) is 87.9 cm³/mol. The highest BCUT2D eigenvalue weighted by atomic mass is 79.9. The Bertz CT molecular complexity index is 753. The second kappa shape index (κ2) is 5.63. The predicted octanol–water partition coefficient (Wildman–Crippen LogP) is 4.92. The Hall–Kier alpha value is -1.87. The van der Waals surface area contributed by atoms with E-state index in [4.69, 9.17) is 0 Å². The lowest BCUT2D eigenvalue weighted by Gasteiger charge is -2.09. The standard InChI is InChI=1S/C17H15BrN2/c1-12-4-6-15(10-16(12)18)20-11-13-5-7-17-14(9-13)3-2-8-19-17/h2-10,20H,11H2,1H3. The molecule has 0 atom stereocenters. The lowest BCUT2D eigenvalue weighted by atomic mass is 10.1. The van der Waals surface area contributed by atoms with Crippen LogP contribution in [0.1, 0.15) is 11.1 Å². The molecule has 20 heavy (non-hydrogen) atoms. The molecule has 0 amide bonds. The van der Waals surface area contributed by atoms with Gasteiger partial charge in [-0.3, -0.25) is 4.98 Å². The molecule has 1 heterocycles. The number of hydrogen-bond donors (Lipinski definition) is 1. The summed E-state index contributed by atoms with van der Waals surface area (Å²) in [6.07, 6.45) is 1.82. The summed E-state index contributed by atoms with van der Waals surface area (Å²) in [5, 5.41) is 4.62. The third-order valence-electron chi connectivity index (χ3n) is 3.34. The van der Waals surface area contributed by atoms with Gasteiger partial charge in [0.25, 0.3) is 0 Å². The van der Waals surface area contributed by atoms with Crippen molar-refractivity contribution in [2.24, 2.45) is 0 Å². The van der Waals surface area contributed by atoms with E-state index < -0.39 is 0 Å². The van der Waals surface area contributed by atoms with Crippen LogP contribution in [0.5, 0.6) is 0 Å². The van der Waals surface area contributed by atoms with Crippen LogP contribution in [0.25, 0.3) is 10.9 Å². The number of aryl methyl sites for hydroxylation is 1. The van der Waals surface area contributed by atoms with Gasteiger partial charge in [-0.2, -0.15) is 0 Å². The summed E-state index contributed by atoms with van der Waals surface area (Å²) in [4.78, 5) is 4.34. The average Bonchev–Trinajstić information content (AvgIpc) is 2.48. The Balaban J connectivity index is 1.77. The molecule has 0 fully saturated rings. The molecular formula is C17H15BrN2. The van der Waals surface area contributed by atoms with E-state index in [1.165, 1.54) is 16.5 Å². The van der Waals surface area contributed by atoms with E-state index in [0.29, 0.717) is 0 Å². The van der Waals surface area contributed by atoms with Crippen LogP contribution in [0.2, 0.25) is 0 Å². The molecule has 3 heteroatoms. The zero-order valence-corrected chi connectivity index (χ0v) is 12.8. The second-order valence-electron chi connectivity index (χ2n) is 4.85. The number of fused-ring (bicyclic) bond motifs is 1. The summed E-state index contributed by atoms with van der Waals surface area (Å²) in [6.45, 7) is 2.89. The summed E-state index contributed by atoms with van der Waals surface area (Å²) in [6, 6.07) is 16.7. The summed E-state index contributed by atoms with van der Waals surface area (Å²) >= 11 is 3.56. The van der Waals surface area contributed by atoms with E-state index in [1.54, 1.807) is 0 Å². The van der Waals surface area contributed by atoms with E-state index >= 15 is 0 Å². The number of benzene rings is 2. The molecule has 2 aromatic carbocycles. The molecule has 0 saturated carbocycles. The molecule has 1 aromatic heterocycles. The highest BCUT2D eigenvalue weighted by molar-refractivity contribution is 9.10. The van der Waals surface area contributed by atoms with Gasteiger partial charge < -0.3 is 5.32 Å². The highest BCUT2D eigenvalue weighted by Gasteiger charge is 1.99. The number of anilines is 1. The maximum atomic E-state index is 4.34. The van der Waals surface area contributed by atoms with Crippen LogP contribution in [0.3, 0.4) is 0 Å². The van der Waals surface area contributed by atoms with Crippen LogP contribution >= 0.6 is 15.9 Å². The smallest absolute Gasteiger partial charge is 0.0702 e. The fourth-order valence-electron chi connectivity index (χ4n) is 2.14. The third kappa shape index (κ3) is 2.83. The molecule has 0 aliphatic rings. The van der Waals surface area contributed by atoms with Gasteiger partial charge in [-0.15, -0.1) is 0 Å². The minimum Gasteiger partial charge on any atom is -0.381 e. The Labute approximate surface area is 127 Å². The quantitative estimate of drug-likeness (QED) is 0.739. The van der Waals surface area contributed by atoms with Crippen molar-refractivity contribution in [3.63, 3.8) is 0 Å². The van der Waals surface area contributed by atoms with Gasteiger partial charge in [0.05, 0.1) is 5.52 Å². The van der Waals surface area contributed by atoms with Gasteiger partial charge in [0.1, 0.15) is 0 Å². The lowest BCUT2D eigenvalue weighted by molar-refractivity contribution is 1.15. The topological polar surface area (TPSA) is 24.9 Å². The molecule has 0 aliphatic carbocycles. The monoisotopic (exact) mass is 326 g/mol. The first kappa shape index (κ1) is 13.1. The minimum atomic E-state index is 0.806. The van der Waals surface area contributed by atoms with Crippen molar-refractivity contribution in [1.82, 2.24) is 4.98 Å². The van der Waals surface area contributed by atoms with Crippen LogP contribution in [-0.2, 0) is 6.54 Å². The van der Waals surface area contributed by atoms with Crippen molar-refractivity contribution in [3.05, 3.63) is 70.3 Å². The van der Waals surface area contributed by atoms with Crippen molar-refractivity contribution in [1.29, 1.82) is 0 Å². The van der Waals surface area contributed by atoms with Gasteiger partial charge in [0, 0.05) is 28.3 Å². The first-order valence-corrected chi connectivity index (χ1v) is 7.35. The van der Waals surface area contributed by atoms with Crippen molar-refractivity contribution < 1.29 is 0 Å². The summed E-state index contributed by atoms with van der Waals surface area (Å²) < 4.78 is 1.13. The Morgan fingerprint density at radius 1 is 1.10 bits per heavy atom. The number of hydrogen-bond acceptors (Lipinski definition) is 2. The Morgan fingerprint density at radius 3 is 2.85 bits per heavy atom. The number of nitrogens with zero attached hydrogens (tertiary/aromatic N) is 1.